The van der Waals surface area contributed by atoms with Crippen LogP contribution in [0.25, 0.3) is 0 Å². The van der Waals surface area contributed by atoms with Crippen molar-refractivity contribution in [3.05, 3.63) is 0 Å². The number of hydrogen-bond donors (Lipinski definition) is 1. The molecular weight excluding hydrogens is 559 g/mol. The second kappa shape index (κ2) is 34.9. The van der Waals surface area contributed by atoms with Gasteiger partial charge in [-0.1, -0.05) is 181 Å². The third-order valence-corrected chi connectivity index (χ3v) is 9.39. The maximum atomic E-state index is 11.7. The summed E-state index contributed by atoms with van der Waals surface area (Å²) in [7, 11) is -2.84. The fraction of sp³-hybridized carbons (Fsp3) is 1.00. The lowest BCUT2D eigenvalue weighted by molar-refractivity contribution is -0.0437. The highest BCUT2D eigenvalue weighted by Crippen LogP contribution is 2.42. The van der Waals surface area contributed by atoms with Crippen molar-refractivity contribution in [1.82, 2.24) is 0 Å². The highest BCUT2D eigenvalue weighted by atomic mass is 31.2. The molecule has 0 aliphatic heterocycles. The molecule has 0 aromatic heterocycles. The van der Waals surface area contributed by atoms with E-state index in [4.69, 9.17) is 14.0 Å². The lowest BCUT2D eigenvalue weighted by Gasteiger charge is -2.19. The van der Waals surface area contributed by atoms with Crippen LogP contribution in [0.3, 0.4) is 0 Å². The molecule has 1 N–H and O–H groups in total. The van der Waals surface area contributed by atoms with Crippen molar-refractivity contribution in [3.8, 4) is 0 Å². The first-order valence-corrected chi connectivity index (χ1v) is 20.3. The van der Waals surface area contributed by atoms with Gasteiger partial charge in [0.2, 0.25) is 0 Å². The predicted molar refractivity (Wildman–Crippen MR) is 184 cm³/mol. The third-order valence-electron chi connectivity index (χ3n) is 8.45. The van der Waals surface area contributed by atoms with Crippen LogP contribution in [-0.4, -0.2) is 44.5 Å². The molecule has 0 fully saturated rings. The van der Waals surface area contributed by atoms with Gasteiger partial charge in [0.1, 0.15) is 6.10 Å². The van der Waals surface area contributed by atoms with Gasteiger partial charge < -0.3 is 14.4 Å². The highest BCUT2D eigenvalue weighted by molar-refractivity contribution is 7.47. The SMILES string of the molecule is CCCCCCCCCCCCCCCCOCC(COP(=O)(O)OC)OCCCCCCCCCCCCCCCC. The number of ether oxygens (including phenoxy) is 2. The zero-order chi connectivity index (χ0) is 31.5. The van der Waals surface area contributed by atoms with E-state index < -0.39 is 7.82 Å². The molecule has 0 heterocycles. The monoisotopic (exact) mass is 635 g/mol. The summed E-state index contributed by atoms with van der Waals surface area (Å²) < 4.78 is 33.2. The number of phosphoric acid groups is 1. The first kappa shape index (κ1) is 43.0. The van der Waals surface area contributed by atoms with E-state index in [9.17, 15) is 9.46 Å². The molecule has 0 spiro atoms. The molecule has 43 heavy (non-hydrogen) atoms. The number of hydrogen-bond acceptors (Lipinski definition) is 5. The number of rotatable bonds is 37. The van der Waals surface area contributed by atoms with Crippen molar-refractivity contribution >= 4 is 7.82 Å². The fourth-order valence-corrected chi connectivity index (χ4v) is 5.99. The van der Waals surface area contributed by atoms with Crippen LogP contribution in [0.4, 0.5) is 0 Å². The Morgan fingerprint density at radius 3 is 1.16 bits per heavy atom. The Kier molecular flexibility index (Phi) is 34.9. The van der Waals surface area contributed by atoms with Crippen LogP contribution < -0.4 is 0 Å². The molecule has 0 aliphatic rings. The van der Waals surface area contributed by atoms with Crippen LogP contribution in [0.1, 0.15) is 194 Å². The molecule has 260 valence electrons. The predicted octanol–water partition coefficient (Wildman–Crippen LogP) is 12.1. The van der Waals surface area contributed by atoms with Crippen LogP contribution in [0.15, 0.2) is 0 Å². The van der Waals surface area contributed by atoms with E-state index in [1.807, 2.05) is 0 Å². The number of unbranched alkanes of at least 4 members (excludes halogenated alkanes) is 26. The van der Waals surface area contributed by atoms with Gasteiger partial charge in [0.05, 0.1) is 13.2 Å². The van der Waals surface area contributed by atoms with Gasteiger partial charge in [-0.05, 0) is 12.8 Å². The summed E-state index contributed by atoms with van der Waals surface area (Å²) in [6, 6.07) is 0. The molecule has 0 radical (unpaired) electrons. The Morgan fingerprint density at radius 2 is 0.814 bits per heavy atom. The first-order chi connectivity index (χ1) is 21.1. The van der Waals surface area contributed by atoms with E-state index in [0.717, 1.165) is 19.3 Å². The van der Waals surface area contributed by atoms with Crippen molar-refractivity contribution in [2.24, 2.45) is 0 Å². The summed E-state index contributed by atoms with van der Waals surface area (Å²) in [6.45, 7) is 6.24. The van der Waals surface area contributed by atoms with Gasteiger partial charge in [-0.25, -0.2) is 4.57 Å². The van der Waals surface area contributed by atoms with E-state index in [1.54, 1.807) is 0 Å². The van der Waals surface area contributed by atoms with Crippen LogP contribution >= 0.6 is 7.82 Å². The lowest BCUT2D eigenvalue weighted by atomic mass is 10.0. The zero-order valence-electron chi connectivity index (χ0n) is 29.1. The van der Waals surface area contributed by atoms with Crippen molar-refractivity contribution in [2.75, 3.05) is 33.5 Å². The Bertz CT molecular complexity index is 576. The molecular formula is C36H75O6P. The maximum Gasteiger partial charge on any atom is 0.472 e. The van der Waals surface area contributed by atoms with Crippen LogP contribution in [0, 0.1) is 0 Å². The van der Waals surface area contributed by atoms with Gasteiger partial charge in [0, 0.05) is 20.3 Å². The minimum Gasteiger partial charge on any atom is -0.379 e. The molecule has 0 amide bonds. The number of phosphoric ester groups is 1. The second-order valence-electron chi connectivity index (χ2n) is 12.7. The minimum absolute atomic E-state index is 0.00103. The second-order valence-corrected chi connectivity index (χ2v) is 14.3. The largest absolute Gasteiger partial charge is 0.472 e. The lowest BCUT2D eigenvalue weighted by Crippen LogP contribution is -2.26. The Morgan fingerprint density at radius 1 is 0.488 bits per heavy atom. The normalized spacial score (nSPS) is 13.9. The molecule has 0 aromatic carbocycles. The van der Waals surface area contributed by atoms with Crippen molar-refractivity contribution < 1.29 is 28.0 Å². The molecule has 2 atom stereocenters. The van der Waals surface area contributed by atoms with Gasteiger partial charge in [-0.15, -0.1) is 0 Å². The highest BCUT2D eigenvalue weighted by Gasteiger charge is 2.22. The minimum atomic E-state index is -4.01. The smallest absolute Gasteiger partial charge is 0.379 e. The van der Waals surface area contributed by atoms with Gasteiger partial charge in [0.15, 0.2) is 0 Å². The molecule has 6 nitrogen and oxygen atoms in total. The van der Waals surface area contributed by atoms with E-state index in [-0.39, 0.29) is 12.7 Å². The van der Waals surface area contributed by atoms with Gasteiger partial charge >= 0.3 is 7.82 Å². The topological polar surface area (TPSA) is 74.2 Å². The summed E-state index contributed by atoms with van der Waals surface area (Å²) >= 11 is 0. The summed E-state index contributed by atoms with van der Waals surface area (Å²) in [6.07, 6.45) is 36.9. The fourth-order valence-electron chi connectivity index (χ4n) is 5.53. The van der Waals surface area contributed by atoms with Gasteiger partial charge in [-0.3, -0.25) is 9.05 Å². The Labute approximate surface area is 268 Å². The summed E-state index contributed by atoms with van der Waals surface area (Å²) in [5, 5.41) is 0. The van der Waals surface area contributed by atoms with Crippen molar-refractivity contribution in [1.29, 1.82) is 0 Å². The molecule has 0 saturated heterocycles. The van der Waals surface area contributed by atoms with Gasteiger partial charge in [0.25, 0.3) is 0 Å². The quantitative estimate of drug-likeness (QED) is 0.0541. The van der Waals surface area contributed by atoms with E-state index >= 15 is 0 Å². The average Bonchev–Trinajstić information content (AvgIpc) is 3.01. The van der Waals surface area contributed by atoms with Crippen LogP contribution in [0.5, 0.6) is 0 Å². The van der Waals surface area contributed by atoms with Crippen LogP contribution in [0.2, 0.25) is 0 Å². The molecule has 0 rings (SSSR count). The third kappa shape index (κ3) is 34.7. The van der Waals surface area contributed by atoms with E-state index in [0.29, 0.717) is 19.8 Å². The zero-order valence-corrected chi connectivity index (χ0v) is 30.0. The molecule has 0 aliphatic carbocycles. The summed E-state index contributed by atoms with van der Waals surface area (Å²) in [5.74, 6) is 0. The molecule has 0 bridgehead atoms. The van der Waals surface area contributed by atoms with Gasteiger partial charge in [-0.2, -0.15) is 0 Å². The summed E-state index contributed by atoms with van der Waals surface area (Å²) in [4.78, 5) is 9.60. The maximum absolute atomic E-state index is 11.7. The standard InChI is InChI=1S/C36H75O6P/c1-4-6-8-10-12-14-16-18-20-22-24-26-28-30-32-40-34-36(35-42-43(37,38)39-3)41-33-31-29-27-25-23-21-19-17-15-13-11-9-7-5-2/h36H,4-35H2,1-3H3,(H,37,38). The Balaban J connectivity index is 3.74. The molecule has 0 saturated carbocycles. The molecule has 0 aromatic rings. The Hall–Kier alpha value is 0.0300. The van der Waals surface area contributed by atoms with Crippen molar-refractivity contribution in [3.63, 3.8) is 0 Å². The van der Waals surface area contributed by atoms with E-state index in [1.165, 1.54) is 168 Å². The van der Waals surface area contributed by atoms with E-state index in [2.05, 4.69) is 18.4 Å². The molecule has 7 heteroatoms. The van der Waals surface area contributed by atoms with Crippen LogP contribution in [-0.2, 0) is 23.1 Å². The first-order valence-electron chi connectivity index (χ1n) is 18.8. The average molecular weight is 635 g/mol. The molecule has 2 unspecified atom stereocenters. The summed E-state index contributed by atoms with van der Waals surface area (Å²) in [5.41, 5.74) is 0. The van der Waals surface area contributed by atoms with Crippen molar-refractivity contribution in [2.45, 2.75) is 200 Å².